The van der Waals surface area contributed by atoms with Crippen molar-refractivity contribution in [2.45, 2.75) is 13.3 Å². The first-order valence-corrected chi connectivity index (χ1v) is 7.33. The largest absolute Gasteiger partial charge is 0.483 e. The second kappa shape index (κ2) is 8.44. The van der Waals surface area contributed by atoms with Crippen LogP contribution in [-0.4, -0.2) is 19.1 Å². The minimum atomic E-state index is -0.235. The lowest BCUT2D eigenvalue weighted by molar-refractivity contribution is -0.118. The molecule has 23 heavy (non-hydrogen) atoms. The molecule has 0 aliphatic rings. The molecule has 1 amide bonds. The van der Waals surface area contributed by atoms with Crippen LogP contribution >= 0.6 is 0 Å². The predicted molar refractivity (Wildman–Crippen MR) is 87.5 cm³/mol. The quantitative estimate of drug-likeness (QED) is 0.852. The monoisotopic (exact) mass is 310 g/mol. The Labute approximate surface area is 135 Å². The van der Waals surface area contributed by atoms with Crippen molar-refractivity contribution in [3.63, 3.8) is 0 Å². The molecule has 0 radical (unpaired) electrons. The summed E-state index contributed by atoms with van der Waals surface area (Å²) in [5.41, 5.74) is 1.71. The van der Waals surface area contributed by atoms with Crippen LogP contribution in [-0.2, 0) is 11.2 Å². The van der Waals surface area contributed by atoms with E-state index in [1.165, 1.54) is 0 Å². The van der Waals surface area contributed by atoms with E-state index >= 15 is 0 Å². The Balaban J connectivity index is 1.86. The van der Waals surface area contributed by atoms with E-state index in [-0.39, 0.29) is 19.1 Å². The zero-order chi connectivity index (χ0) is 16.5. The smallest absolute Gasteiger partial charge is 0.262 e. The third-order valence-corrected chi connectivity index (χ3v) is 3.15. The molecule has 0 spiro atoms. The van der Waals surface area contributed by atoms with Gasteiger partial charge in [0.15, 0.2) is 13.2 Å². The van der Waals surface area contributed by atoms with Crippen molar-refractivity contribution in [3.05, 3.63) is 54.1 Å². The van der Waals surface area contributed by atoms with Crippen molar-refractivity contribution < 1.29 is 14.3 Å². The van der Waals surface area contributed by atoms with Crippen molar-refractivity contribution >= 4 is 11.6 Å². The van der Waals surface area contributed by atoms with Gasteiger partial charge in [-0.2, -0.15) is 5.26 Å². The van der Waals surface area contributed by atoms with Gasteiger partial charge in [0.05, 0.1) is 0 Å². The van der Waals surface area contributed by atoms with Crippen LogP contribution in [0, 0.1) is 11.3 Å². The molecule has 0 saturated carbocycles. The normalized spacial score (nSPS) is 9.74. The first-order chi connectivity index (χ1) is 11.2. The Morgan fingerprint density at radius 2 is 1.87 bits per heavy atom. The number of carbonyl (C=O) groups excluding carboxylic acids is 1. The Bertz CT molecular complexity index is 690. The third-order valence-electron chi connectivity index (χ3n) is 3.15. The highest BCUT2D eigenvalue weighted by Crippen LogP contribution is 2.19. The fraction of sp³-hybridized carbons (Fsp3) is 0.222. The van der Waals surface area contributed by atoms with E-state index in [1.807, 2.05) is 37.3 Å². The van der Waals surface area contributed by atoms with E-state index in [0.29, 0.717) is 11.4 Å². The molecular formula is C18H18N2O3. The zero-order valence-electron chi connectivity index (χ0n) is 12.9. The van der Waals surface area contributed by atoms with Crippen molar-refractivity contribution in [2.24, 2.45) is 0 Å². The van der Waals surface area contributed by atoms with Crippen molar-refractivity contribution in [3.8, 4) is 17.6 Å². The highest BCUT2D eigenvalue weighted by molar-refractivity contribution is 5.91. The molecule has 118 valence electrons. The second-order valence-electron chi connectivity index (χ2n) is 4.77. The molecule has 5 nitrogen and oxygen atoms in total. The van der Waals surface area contributed by atoms with Crippen molar-refractivity contribution in [1.82, 2.24) is 0 Å². The van der Waals surface area contributed by atoms with Crippen LogP contribution in [0.4, 0.5) is 5.69 Å². The highest BCUT2D eigenvalue weighted by atomic mass is 16.5. The summed E-state index contributed by atoms with van der Waals surface area (Å²) in [5.74, 6) is 1.07. The Kier molecular flexibility index (Phi) is 6.01. The average molecular weight is 310 g/mol. The third kappa shape index (κ3) is 5.04. The van der Waals surface area contributed by atoms with Gasteiger partial charge >= 0.3 is 0 Å². The number of benzene rings is 2. The molecule has 0 heterocycles. The van der Waals surface area contributed by atoms with Crippen LogP contribution in [0.2, 0.25) is 0 Å². The number of hydrogen-bond acceptors (Lipinski definition) is 4. The van der Waals surface area contributed by atoms with Gasteiger partial charge in [-0.05, 0) is 42.3 Å². The summed E-state index contributed by atoms with van der Waals surface area (Å²) in [6.45, 7) is 1.98. The number of aryl methyl sites for hydroxylation is 1. The van der Waals surface area contributed by atoms with E-state index in [9.17, 15) is 4.79 Å². The van der Waals surface area contributed by atoms with E-state index in [4.69, 9.17) is 14.7 Å². The molecule has 0 aromatic heterocycles. The molecular weight excluding hydrogens is 292 g/mol. The fourth-order valence-electron chi connectivity index (χ4n) is 2.03. The van der Waals surface area contributed by atoms with Crippen molar-refractivity contribution in [1.29, 1.82) is 5.26 Å². The Morgan fingerprint density at radius 3 is 2.57 bits per heavy atom. The van der Waals surface area contributed by atoms with Crippen LogP contribution in [0.15, 0.2) is 48.5 Å². The number of ether oxygens (including phenoxy) is 2. The number of nitrogens with zero attached hydrogens (tertiary/aromatic N) is 1. The number of hydrogen-bond donors (Lipinski definition) is 1. The highest BCUT2D eigenvalue weighted by Gasteiger charge is 2.06. The lowest BCUT2D eigenvalue weighted by Gasteiger charge is -2.10. The molecule has 5 heteroatoms. The van der Waals surface area contributed by atoms with Crippen LogP contribution in [0.5, 0.6) is 11.5 Å². The maximum absolute atomic E-state index is 11.9. The van der Waals surface area contributed by atoms with Gasteiger partial charge in [0.25, 0.3) is 5.91 Å². The van der Waals surface area contributed by atoms with Gasteiger partial charge in [0.2, 0.25) is 0 Å². The number of carbonyl (C=O) groups is 1. The number of amides is 1. The van der Waals surface area contributed by atoms with E-state index in [1.54, 1.807) is 24.3 Å². The Hall–Kier alpha value is -3.00. The second-order valence-corrected chi connectivity index (χ2v) is 4.77. The molecule has 0 aliphatic heterocycles. The number of para-hydroxylation sites is 1. The summed E-state index contributed by atoms with van der Waals surface area (Å²) in [7, 11) is 0. The number of rotatable bonds is 7. The molecule has 1 N–H and O–H groups in total. The molecule has 0 unspecified atom stereocenters. The summed E-state index contributed by atoms with van der Waals surface area (Å²) in [4.78, 5) is 11.9. The maximum Gasteiger partial charge on any atom is 0.262 e. The molecule has 0 bridgehead atoms. The lowest BCUT2D eigenvalue weighted by Crippen LogP contribution is -2.20. The lowest BCUT2D eigenvalue weighted by atomic mass is 10.1. The van der Waals surface area contributed by atoms with Gasteiger partial charge in [-0.15, -0.1) is 0 Å². The minimum absolute atomic E-state index is 0.00359. The number of nitrogens with one attached hydrogen (secondary N) is 1. The van der Waals surface area contributed by atoms with Gasteiger partial charge in [-0.3, -0.25) is 4.79 Å². The van der Waals surface area contributed by atoms with Crippen LogP contribution in [0.1, 0.15) is 12.5 Å². The summed E-state index contributed by atoms with van der Waals surface area (Å²) in [6.07, 6.45) is 0.849. The molecule has 2 aromatic carbocycles. The SMILES string of the molecule is CCc1ccccc1OCC(=O)Nc1ccc(OCC#N)cc1. The van der Waals surface area contributed by atoms with Crippen LogP contribution in [0.25, 0.3) is 0 Å². The average Bonchev–Trinajstić information content (AvgIpc) is 2.59. The fourth-order valence-corrected chi connectivity index (χ4v) is 2.03. The van der Waals surface area contributed by atoms with Gasteiger partial charge in [0.1, 0.15) is 17.6 Å². The standard InChI is InChI=1S/C18H18N2O3/c1-2-14-5-3-4-6-17(14)23-13-18(21)20-15-7-9-16(10-8-15)22-12-11-19/h3-10H,2,12-13H2,1H3,(H,20,21). The topological polar surface area (TPSA) is 71.3 Å². The molecule has 0 saturated heterocycles. The van der Waals surface area contributed by atoms with Crippen LogP contribution < -0.4 is 14.8 Å². The van der Waals surface area contributed by atoms with E-state index < -0.39 is 0 Å². The van der Waals surface area contributed by atoms with Crippen molar-refractivity contribution in [2.75, 3.05) is 18.5 Å². The first-order valence-electron chi connectivity index (χ1n) is 7.33. The number of anilines is 1. The summed E-state index contributed by atoms with van der Waals surface area (Å²) < 4.78 is 10.7. The summed E-state index contributed by atoms with van der Waals surface area (Å²) in [5, 5.41) is 11.2. The Morgan fingerprint density at radius 1 is 1.13 bits per heavy atom. The number of nitriles is 1. The zero-order valence-corrected chi connectivity index (χ0v) is 12.9. The first kappa shape index (κ1) is 16.4. The summed E-state index contributed by atoms with van der Waals surface area (Å²) in [6, 6.07) is 16.4. The van der Waals surface area contributed by atoms with E-state index in [2.05, 4.69) is 5.32 Å². The van der Waals surface area contributed by atoms with E-state index in [0.717, 1.165) is 17.7 Å². The van der Waals surface area contributed by atoms with Gasteiger partial charge < -0.3 is 14.8 Å². The van der Waals surface area contributed by atoms with Crippen LogP contribution in [0.3, 0.4) is 0 Å². The minimum Gasteiger partial charge on any atom is -0.483 e. The maximum atomic E-state index is 11.9. The van der Waals surface area contributed by atoms with Gasteiger partial charge in [0, 0.05) is 5.69 Å². The molecule has 2 aromatic rings. The summed E-state index contributed by atoms with van der Waals surface area (Å²) >= 11 is 0. The predicted octanol–water partition coefficient (Wildman–Crippen LogP) is 3.17. The molecule has 0 atom stereocenters. The molecule has 0 aliphatic carbocycles. The molecule has 0 fully saturated rings. The van der Waals surface area contributed by atoms with Gasteiger partial charge in [-0.25, -0.2) is 0 Å². The van der Waals surface area contributed by atoms with Gasteiger partial charge in [-0.1, -0.05) is 25.1 Å². The molecule has 2 rings (SSSR count).